The zero-order valence-corrected chi connectivity index (χ0v) is 23.5. The monoisotopic (exact) mass is 547 g/mol. The molecule has 11 heteroatoms. The van der Waals surface area contributed by atoms with Crippen LogP contribution in [0.15, 0.2) is 12.3 Å². The van der Waals surface area contributed by atoms with Crippen LogP contribution in [-0.2, 0) is 30.5 Å². The number of aromatic nitrogens is 1. The summed E-state index contributed by atoms with van der Waals surface area (Å²) in [6.07, 6.45) is 7.70. The molecule has 4 amide bonds. The largest absolute Gasteiger partial charge is 0.381 e. The number of carbonyl (C=O) groups excluding carboxylic acids is 3. The Morgan fingerprint density at radius 2 is 1.95 bits per heavy atom. The third-order valence-electron chi connectivity index (χ3n) is 8.27. The maximum Gasteiger partial charge on any atom is 0.318 e. The fraction of sp³-hybridized carbons (Fsp3) is 0.704. The van der Waals surface area contributed by atoms with Crippen molar-refractivity contribution in [2.45, 2.75) is 82.7 Å². The summed E-state index contributed by atoms with van der Waals surface area (Å²) < 4.78 is 17.2. The molecule has 210 valence electrons. The summed E-state index contributed by atoms with van der Waals surface area (Å²) in [5.41, 5.74) is 0.886. The van der Waals surface area contributed by atoms with Crippen LogP contribution in [0.2, 0.25) is 0 Å². The van der Waals surface area contributed by atoms with Gasteiger partial charge in [0.2, 0.25) is 11.8 Å². The van der Waals surface area contributed by atoms with Gasteiger partial charge in [0.05, 0.1) is 11.1 Å². The van der Waals surface area contributed by atoms with E-state index in [2.05, 4.69) is 34.8 Å². The molecule has 4 heterocycles. The first-order chi connectivity index (χ1) is 18.2. The van der Waals surface area contributed by atoms with Gasteiger partial charge in [0.15, 0.2) is 0 Å². The Labute approximate surface area is 227 Å². The molecular weight excluding hydrogens is 506 g/mol. The summed E-state index contributed by atoms with van der Waals surface area (Å²) in [6, 6.07) is 0.673. The van der Waals surface area contributed by atoms with Crippen LogP contribution in [0, 0.1) is 5.92 Å². The standard InChI is InChI=1S/C27H41N5O5S/c1-4-5-18(2)6-7-21(30-26(35)32(3)19-8-14-38(36)15-9-19)24(33)31-23-16-22-20(17-28-23)27(25(34)29-22)10-12-37-13-11-27/h16-19,21H,4-15H2,1-3H3,(H,29,34)(H,30,35)(H,28,31,33)/t18-,19?,21+,38?/m1/s1. The highest BCUT2D eigenvalue weighted by Crippen LogP contribution is 2.44. The molecule has 0 aliphatic carbocycles. The van der Waals surface area contributed by atoms with Crippen molar-refractivity contribution >= 4 is 40.2 Å². The maximum absolute atomic E-state index is 13.4. The predicted molar refractivity (Wildman–Crippen MR) is 148 cm³/mol. The normalized spacial score (nSPS) is 23.7. The van der Waals surface area contributed by atoms with Gasteiger partial charge in [-0.1, -0.05) is 26.7 Å². The summed E-state index contributed by atoms with van der Waals surface area (Å²) in [7, 11) is 0.926. The average molecular weight is 548 g/mol. The van der Waals surface area contributed by atoms with E-state index >= 15 is 0 Å². The molecule has 0 aromatic carbocycles. The van der Waals surface area contributed by atoms with E-state index < -0.39 is 22.3 Å². The Kier molecular flexibility index (Phi) is 9.40. The van der Waals surface area contributed by atoms with Crippen LogP contribution in [0.25, 0.3) is 0 Å². The van der Waals surface area contributed by atoms with Gasteiger partial charge in [-0.2, -0.15) is 0 Å². The molecule has 4 rings (SSSR count). The second-order valence-corrected chi connectivity index (χ2v) is 12.6. The van der Waals surface area contributed by atoms with E-state index in [-0.39, 0.29) is 23.9 Å². The number of rotatable bonds is 9. The van der Waals surface area contributed by atoms with Crippen LogP contribution in [0.5, 0.6) is 0 Å². The van der Waals surface area contributed by atoms with Gasteiger partial charge in [-0.05, 0) is 44.4 Å². The van der Waals surface area contributed by atoms with Crippen LogP contribution < -0.4 is 16.0 Å². The van der Waals surface area contributed by atoms with Crippen molar-refractivity contribution in [2.24, 2.45) is 5.92 Å². The van der Waals surface area contributed by atoms with Gasteiger partial charge in [0.1, 0.15) is 11.9 Å². The second kappa shape index (κ2) is 12.5. The van der Waals surface area contributed by atoms with Gasteiger partial charge in [0, 0.05) is 66.4 Å². The van der Waals surface area contributed by atoms with Crippen molar-refractivity contribution in [1.29, 1.82) is 0 Å². The molecule has 3 aliphatic rings. The molecule has 0 unspecified atom stereocenters. The van der Waals surface area contributed by atoms with Crippen LogP contribution in [-0.4, -0.2) is 75.8 Å². The molecule has 0 radical (unpaired) electrons. The highest BCUT2D eigenvalue weighted by Gasteiger charge is 2.48. The second-order valence-electron chi connectivity index (χ2n) is 10.9. The number of nitrogens with zero attached hydrogens (tertiary/aromatic N) is 2. The van der Waals surface area contributed by atoms with Crippen LogP contribution in [0.4, 0.5) is 16.3 Å². The number of amides is 4. The molecule has 1 spiro atoms. The van der Waals surface area contributed by atoms with Gasteiger partial charge in [-0.15, -0.1) is 0 Å². The third-order valence-corrected chi connectivity index (χ3v) is 9.65. The molecule has 2 saturated heterocycles. The first kappa shape index (κ1) is 28.5. The number of hydrogen-bond acceptors (Lipinski definition) is 6. The van der Waals surface area contributed by atoms with E-state index in [1.165, 1.54) is 0 Å². The maximum atomic E-state index is 13.4. The fourth-order valence-corrected chi connectivity index (χ4v) is 7.02. The lowest BCUT2D eigenvalue weighted by Crippen LogP contribution is -2.52. The van der Waals surface area contributed by atoms with Crippen molar-refractivity contribution in [2.75, 3.05) is 42.4 Å². The summed E-state index contributed by atoms with van der Waals surface area (Å²) in [6.45, 7) is 5.34. The van der Waals surface area contributed by atoms with E-state index in [0.717, 1.165) is 24.8 Å². The topological polar surface area (TPSA) is 130 Å². The number of anilines is 2. The third kappa shape index (κ3) is 6.36. The molecule has 1 aromatic heterocycles. The Balaban J connectivity index is 1.44. The number of pyridine rings is 1. The van der Waals surface area contributed by atoms with Crippen molar-refractivity contribution < 1.29 is 23.3 Å². The zero-order chi connectivity index (χ0) is 27.3. The lowest BCUT2D eigenvalue weighted by molar-refractivity contribution is -0.124. The van der Waals surface area contributed by atoms with Crippen molar-refractivity contribution in [3.8, 4) is 0 Å². The average Bonchev–Trinajstić information content (AvgIpc) is 3.16. The Bertz CT molecular complexity index is 1050. The number of nitrogens with one attached hydrogen (secondary N) is 3. The number of fused-ring (bicyclic) bond motifs is 2. The minimum Gasteiger partial charge on any atom is -0.381 e. The van der Waals surface area contributed by atoms with Gasteiger partial charge in [0.25, 0.3) is 0 Å². The first-order valence-electron chi connectivity index (χ1n) is 13.8. The summed E-state index contributed by atoms with van der Waals surface area (Å²) in [5, 5.41) is 8.76. The predicted octanol–water partition coefficient (Wildman–Crippen LogP) is 3.16. The van der Waals surface area contributed by atoms with Crippen LogP contribution in [0.3, 0.4) is 0 Å². The molecule has 2 fully saturated rings. The Morgan fingerprint density at radius 1 is 1.24 bits per heavy atom. The molecule has 0 saturated carbocycles. The molecule has 10 nitrogen and oxygen atoms in total. The van der Waals surface area contributed by atoms with Crippen molar-refractivity contribution in [3.05, 3.63) is 17.8 Å². The van der Waals surface area contributed by atoms with E-state index in [1.807, 2.05) is 0 Å². The number of ether oxygens (including phenoxy) is 1. The summed E-state index contributed by atoms with van der Waals surface area (Å²) in [4.78, 5) is 45.4. The van der Waals surface area contributed by atoms with E-state index in [0.29, 0.717) is 74.2 Å². The first-order valence-corrected chi connectivity index (χ1v) is 15.3. The minimum absolute atomic E-state index is 0.00919. The van der Waals surface area contributed by atoms with E-state index in [1.54, 1.807) is 24.2 Å². The van der Waals surface area contributed by atoms with Crippen LogP contribution in [0.1, 0.15) is 70.8 Å². The van der Waals surface area contributed by atoms with Crippen LogP contribution >= 0.6 is 0 Å². The van der Waals surface area contributed by atoms with E-state index in [9.17, 15) is 18.6 Å². The molecule has 0 bridgehead atoms. The molecular formula is C27H41N5O5S. The van der Waals surface area contributed by atoms with E-state index in [4.69, 9.17) is 4.74 Å². The molecule has 3 aliphatic heterocycles. The quantitative estimate of drug-likeness (QED) is 0.436. The highest BCUT2D eigenvalue weighted by atomic mass is 32.2. The summed E-state index contributed by atoms with van der Waals surface area (Å²) in [5.74, 6) is 1.57. The highest BCUT2D eigenvalue weighted by molar-refractivity contribution is 7.85. The van der Waals surface area contributed by atoms with Gasteiger partial charge < -0.3 is 25.6 Å². The zero-order valence-electron chi connectivity index (χ0n) is 22.7. The Morgan fingerprint density at radius 3 is 2.63 bits per heavy atom. The molecule has 2 atom stereocenters. The van der Waals surface area contributed by atoms with Crippen molar-refractivity contribution in [3.63, 3.8) is 0 Å². The minimum atomic E-state index is -0.810. The number of urea groups is 1. The lowest BCUT2D eigenvalue weighted by atomic mass is 9.76. The van der Waals surface area contributed by atoms with Gasteiger partial charge in [-0.3, -0.25) is 13.8 Å². The Hall–Kier alpha value is -2.53. The van der Waals surface area contributed by atoms with Gasteiger partial charge in [-0.25, -0.2) is 9.78 Å². The lowest BCUT2D eigenvalue weighted by Gasteiger charge is -2.32. The SMILES string of the molecule is CCC[C@@H](C)CC[C@H](NC(=O)N(C)C1CCS(=O)CC1)C(=O)Nc1cc2c(cn1)C1(CCOCC1)C(=O)N2. The molecule has 38 heavy (non-hydrogen) atoms. The molecule has 3 N–H and O–H groups in total. The molecule has 1 aromatic rings. The number of carbonyl (C=O) groups is 3. The summed E-state index contributed by atoms with van der Waals surface area (Å²) >= 11 is 0. The smallest absolute Gasteiger partial charge is 0.318 e. The number of hydrogen-bond donors (Lipinski definition) is 3. The fourth-order valence-electron chi connectivity index (χ4n) is 5.74. The van der Waals surface area contributed by atoms with Gasteiger partial charge >= 0.3 is 6.03 Å². The van der Waals surface area contributed by atoms with Crippen molar-refractivity contribution in [1.82, 2.24) is 15.2 Å².